The number of piperidine rings is 1. The van der Waals surface area contributed by atoms with Crippen molar-refractivity contribution in [1.29, 1.82) is 0 Å². The third-order valence-corrected chi connectivity index (χ3v) is 2.22. The highest BCUT2D eigenvalue weighted by molar-refractivity contribution is 5.85. The summed E-state index contributed by atoms with van der Waals surface area (Å²) in [6, 6.07) is -0.0752. The van der Waals surface area contributed by atoms with Crippen LogP contribution in [0.3, 0.4) is 0 Å². The van der Waals surface area contributed by atoms with Crippen molar-refractivity contribution in [3.05, 3.63) is 0 Å². The molecule has 1 saturated heterocycles. The minimum atomic E-state index is -0.128. The molecule has 0 spiro atoms. The maximum absolute atomic E-state index is 11.1. The van der Waals surface area contributed by atoms with Crippen LogP contribution >= 0.6 is 12.4 Å². The van der Waals surface area contributed by atoms with Gasteiger partial charge in [-0.1, -0.05) is 6.92 Å². The zero-order chi connectivity index (χ0) is 8.27. The van der Waals surface area contributed by atoms with Crippen LogP contribution in [0.2, 0.25) is 0 Å². The SMILES string of the molecule is COC(=O)[C@H]1NCCC[C@H]1C.Cl. The lowest BCUT2D eigenvalue weighted by atomic mass is 9.93. The normalized spacial score (nSPS) is 28.8. The molecule has 1 aliphatic rings. The lowest BCUT2D eigenvalue weighted by molar-refractivity contribution is -0.145. The van der Waals surface area contributed by atoms with Gasteiger partial charge in [0.05, 0.1) is 7.11 Å². The summed E-state index contributed by atoms with van der Waals surface area (Å²) in [5.74, 6) is 0.286. The maximum Gasteiger partial charge on any atom is 0.323 e. The van der Waals surface area contributed by atoms with Crippen LogP contribution in [-0.2, 0) is 9.53 Å². The fourth-order valence-corrected chi connectivity index (χ4v) is 1.49. The van der Waals surface area contributed by atoms with Gasteiger partial charge in [0.15, 0.2) is 0 Å². The minimum absolute atomic E-state index is 0. The van der Waals surface area contributed by atoms with Crippen molar-refractivity contribution in [3.63, 3.8) is 0 Å². The van der Waals surface area contributed by atoms with E-state index in [1.807, 2.05) is 0 Å². The molecule has 0 aromatic carbocycles. The molecule has 0 amide bonds. The van der Waals surface area contributed by atoms with E-state index in [0.29, 0.717) is 5.92 Å². The van der Waals surface area contributed by atoms with Crippen LogP contribution in [0.5, 0.6) is 0 Å². The third-order valence-electron chi connectivity index (χ3n) is 2.22. The highest BCUT2D eigenvalue weighted by atomic mass is 35.5. The van der Waals surface area contributed by atoms with E-state index in [-0.39, 0.29) is 24.4 Å². The van der Waals surface area contributed by atoms with E-state index >= 15 is 0 Å². The maximum atomic E-state index is 11.1. The zero-order valence-electron chi connectivity index (χ0n) is 7.50. The molecular weight excluding hydrogens is 178 g/mol. The van der Waals surface area contributed by atoms with Crippen molar-refractivity contribution < 1.29 is 9.53 Å². The van der Waals surface area contributed by atoms with Gasteiger partial charge in [-0.3, -0.25) is 4.79 Å². The predicted octanol–water partition coefficient (Wildman–Crippen LogP) is 0.969. The second kappa shape index (κ2) is 5.38. The van der Waals surface area contributed by atoms with E-state index in [2.05, 4.69) is 17.0 Å². The number of esters is 1. The summed E-state index contributed by atoms with van der Waals surface area (Å²) in [5.41, 5.74) is 0. The van der Waals surface area contributed by atoms with Crippen LogP contribution in [0, 0.1) is 5.92 Å². The van der Waals surface area contributed by atoms with E-state index in [9.17, 15) is 4.79 Å². The Labute approximate surface area is 79.3 Å². The van der Waals surface area contributed by atoms with Crippen LogP contribution in [0.25, 0.3) is 0 Å². The average Bonchev–Trinajstić information content (AvgIpc) is 2.04. The van der Waals surface area contributed by atoms with Gasteiger partial charge >= 0.3 is 5.97 Å². The lowest BCUT2D eigenvalue weighted by Crippen LogP contribution is -2.46. The van der Waals surface area contributed by atoms with E-state index in [0.717, 1.165) is 19.4 Å². The first-order valence-electron chi connectivity index (χ1n) is 4.07. The number of carbonyl (C=O) groups is 1. The molecule has 1 heterocycles. The molecule has 0 aliphatic carbocycles. The molecule has 1 fully saturated rings. The van der Waals surface area contributed by atoms with Gasteiger partial charge in [-0.25, -0.2) is 0 Å². The Kier molecular flexibility index (Phi) is 5.25. The zero-order valence-corrected chi connectivity index (χ0v) is 8.32. The van der Waals surface area contributed by atoms with Crippen molar-refractivity contribution in [2.24, 2.45) is 5.92 Å². The quantitative estimate of drug-likeness (QED) is 0.631. The molecule has 4 heteroatoms. The molecule has 0 aromatic rings. The van der Waals surface area contributed by atoms with Crippen LogP contribution in [0.1, 0.15) is 19.8 Å². The second-order valence-corrected chi connectivity index (χ2v) is 3.07. The highest BCUT2D eigenvalue weighted by Crippen LogP contribution is 2.15. The average molecular weight is 194 g/mol. The molecule has 1 aliphatic heterocycles. The number of nitrogens with one attached hydrogen (secondary N) is 1. The fraction of sp³-hybridized carbons (Fsp3) is 0.875. The van der Waals surface area contributed by atoms with Gasteiger partial charge in [-0.2, -0.15) is 0 Å². The summed E-state index contributed by atoms with van der Waals surface area (Å²) < 4.78 is 4.66. The standard InChI is InChI=1S/C8H15NO2.ClH/c1-6-4-3-5-9-7(6)8(10)11-2;/h6-7,9H,3-5H2,1-2H3;1H/t6-,7+;/m1./s1. The Morgan fingerprint density at radius 2 is 2.25 bits per heavy atom. The number of hydrogen-bond donors (Lipinski definition) is 1. The molecule has 72 valence electrons. The molecule has 0 unspecified atom stereocenters. The minimum Gasteiger partial charge on any atom is -0.468 e. The Bertz CT molecular complexity index is 152. The van der Waals surface area contributed by atoms with Gasteiger partial charge in [0, 0.05) is 0 Å². The topological polar surface area (TPSA) is 38.3 Å². The lowest BCUT2D eigenvalue weighted by Gasteiger charge is -2.27. The smallest absolute Gasteiger partial charge is 0.323 e. The molecule has 1 N–H and O–H groups in total. The van der Waals surface area contributed by atoms with E-state index in [1.165, 1.54) is 7.11 Å². The first-order valence-corrected chi connectivity index (χ1v) is 4.07. The Morgan fingerprint density at radius 3 is 2.75 bits per heavy atom. The number of ether oxygens (including phenoxy) is 1. The van der Waals surface area contributed by atoms with Crippen molar-refractivity contribution in [2.75, 3.05) is 13.7 Å². The third kappa shape index (κ3) is 2.64. The number of halogens is 1. The molecular formula is C8H16ClNO2. The molecule has 0 bridgehead atoms. The summed E-state index contributed by atoms with van der Waals surface area (Å²) >= 11 is 0. The number of rotatable bonds is 1. The summed E-state index contributed by atoms with van der Waals surface area (Å²) in [6.07, 6.45) is 2.28. The fourth-order valence-electron chi connectivity index (χ4n) is 1.49. The van der Waals surface area contributed by atoms with E-state index < -0.39 is 0 Å². The summed E-state index contributed by atoms with van der Waals surface area (Å²) in [4.78, 5) is 11.1. The van der Waals surface area contributed by atoms with Crippen molar-refractivity contribution in [2.45, 2.75) is 25.8 Å². The monoisotopic (exact) mass is 193 g/mol. The van der Waals surface area contributed by atoms with Crippen molar-refractivity contribution in [1.82, 2.24) is 5.32 Å². The van der Waals surface area contributed by atoms with Crippen LogP contribution < -0.4 is 5.32 Å². The van der Waals surface area contributed by atoms with Gasteiger partial charge in [-0.15, -0.1) is 12.4 Å². The molecule has 0 saturated carbocycles. The summed E-state index contributed by atoms with van der Waals surface area (Å²) in [6.45, 7) is 3.01. The predicted molar refractivity (Wildman–Crippen MR) is 49.5 cm³/mol. The molecule has 0 aromatic heterocycles. The van der Waals surface area contributed by atoms with Crippen molar-refractivity contribution >= 4 is 18.4 Å². The van der Waals surface area contributed by atoms with Crippen LogP contribution in [-0.4, -0.2) is 25.7 Å². The first-order chi connectivity index (χ1) is 5.25. The van der Waals surface area contributed by atoms with E-state index in [1.54, 1.807) is 0 Å². The van der Waals surface area contributed by atoms with Gasteiger partial charge < -0.3 is 10.1 Å². The Hall–Kier alpha value is -0.280. The summed E-state index contributed by atoms with van der Waals surface area (Å²) in [5, 5.41) is 3.14. The summed E-state index contributed by atoms with van der Waals surface area (Å²) in [7, 11) is 1.44. The molecule has 0 radical (unpaired) electrons. The van der Waals surface area contributed by atoms with Gasteiger partial charge in [0.1, 0.15) is 6.04 Å². The second-order valence-electron chi connectivity index (χ2n) is 3.07. The molecule has 12 heavy (non-hydrogen) atoms. The number of methoxy groups -OCH3 is 1. The Balaban J connectivity index is 0.00000121. The van der Waals surface area contributed by atoms with Gasteiger partial charge in [0.25, 0.3) is 0 Å². The molecule has 1 rings (SSSR count). The highest BCUT2D eigenvalue weighted by Gasteiger charge is 2.27. The largest absolute Gasteiger partial charge is 0.468 e. The molecule has 2 atom stereocenters. The van der Waals surface area contributed by atoms with Crippen molar-refractivity contribution in [3.8, 4) is 0 Å². The first kappa shape index (κ1) is 11.7. The van der Waals surface area contributed by atoms with Crippen LogP contribution in [0.4, 0.5) is 0 Å². The van der Waals surface area contributed by atoms with E-state index in [4.69, 9.17) is 0 Å². The van der Waals surface area contributed by atoms with Gasteiger partial charge in [-0.05, 0) is 25.3 Å². The number of hydrogen-bond acceptors (Lipinski definition) is 3. The Morgan fingerprint density at radius 1 is 1.58 bits per heavy atom. The molecule has 3 nitrogen and oxygen atoms in total. The number of carbonyl (C=O) groups excluding carboxylic acids is 1. The van der Waals surface area contributed by atoms with Gasteiger partial charge in [0.2, 0.25) is 0 Å². The van der Waals surface area contributed by atoms with Crippen LogP contribution in [0.15, 0.2) is 0 Å².